The van der Waals surface area contributed by atoms with Crippen LogP contribution in [-0.4, -0.2) is 39.7 Å². The molecule has 1 aliphatic carbocycles. The first-order valence-corrected chi connectivity index (χ1v) is 12.4. The van der Waals surface area contributed by atoms with Crippen LogP contribution in [0.2, 0.25) is 0 Å². The Balaban J connectivity index is 1.39. The van der Waals surface area contributed by atoms with E-state index in [4.69, 9.17) is 4.98 Å². The van der Waals surface area contributed by atoms with Gasteiger partial charge in [-0.15, -0.1) is 11.3 Å². The molecule has 0 radical (unpaired) electrons. The summed E-state index contributed by atoms with van der Waals surface area (Å²) in [5.41, 5.74) is 3.65. The monoisotopic (exact) mass is 461 g/mol. The number of aromatic nitrogens is 1. The van der Waals surface area contributed by atoms with E-state index >= 15 is 0 Å². The number of hydrogen-bond donors (Lipinski definition) is 0. The molecule has 170 valence electrons. The second-order valence-corrected chi connectivity index (χ2v) is 10.1. The molecule has 0 bridgehead atoms. The highest BCUT2D eigenvalue weighted by atomic mass is 32.1. The van der Waals surface area contributed by atoms with Gasteiger partial charge in [-0.2, -0.15) is 0 Å². The third-order valence-corrected chi connectivity index (χ3v) is 7.77. The van der Waals surface area contributed by atoms with Crippen molar-refractivity contribution in [3.05, 3.63) is 48.0 Å². The van der Waals surface area contributed by atoms with Crippen molar-refractivity contribution < 1.29 is 14.4 Å². The molecular weight excluding hydrogens is 434 g/mol. The Labute approximate surface area is 197 Å². The van der Waals surface area contributed by atoms with E-state index in [0.717, 1.165) is 52.9 Å². The first kappa shape index (κ1) is 21.8. The average Bonchev–Trinajstić information content (AvgIpc) is 3.35. The molecule has 3 aromatic rings. The van der Waals surface area contributed by atoms with E-state index < -0.39 is 6.04 Å². The van der Waals surface area contributed by atoms with Crippen LogP contribution in [0.15, 0.2) is 42.5 Å². The number of aryl methyl sites for hydroxylation is 1. The molecule has 3 amide bonds. The molecule has 5 rings (SSSR count). The number of fused-ring (bicyclic) bond motifs is 1. The Bertz CT molecular complexity index is 1230. The van der Waals surface area contributed by atoms with Gasteiger partial charge in [0.1, 0.15) is 11.0 Å². The van der Waals surface area contributed by atoms with Crippen molar-refractivity contribution in [2.24, 2.45) is 0 Å². The summed E-state index contributed by atoms with van der Waals surface area (Å²) in [6.45, 7) is 3.57. The molecule has 33 heavy (non-hydrogen) atoms. The number of benzene rings is 2. The van der Waals surface area contributed by atoms with Crippen molar-refractivity contribution in [1.82, 2.24) is 9.88 Å². The maximum atomic E-state index is 13.3. The minimum atomic E-state index is -0.703. The van der Waals surface area contributed by atoms with Crippen LogP contribution >= 0.6 is 11.3 Å². The number of imide groups is 1. The van der Waals surface area contributed by atoms with Gasteiger partial charge < -0.3 is 4.90 Å². The fourth-order valence-corrected chi connectivity index (χ4v) is 6.17. The quantitative estimate of drug-likeness (QED) is 0.508. The number of anilines is 1. The van der Waals surface area contributed by atoms with Crippen molar-refractivity contribution >= 4 is 45.0 Å². The summed E-state index contributed by atoms with van der Waals surface area (Å²) in [6.07, 6.45) is 5.11. The lowest BCUT2D eigenvalue weighted by Gasteiger charge is -2.36. The zero-order valence-corrected chi connectivity index (χ0v) is 19.7. The van der Waals surface area contributed by atoms with Gasteiger partial charge in [-0.25, -0.2) is 9.88 Å². The van der Waals surface area contributed by atoms with E-state index in [9.17, 15) is 14.4 Å². The molecule has 1 saturated carbocycles. The third-order valence-electron chi connectivity index (χ3n) is 6.71. The SMILES string of the molecule is CC(=O)N(C1CCCCC1)C1CC(=O)N(c2ccc(-c3nc4ccc(C)cc4s3)cc2)C1=O. The highest BCUT2D eigenvalue weighted by molar-refractivity contribution is 7.21. The summed E-state index contributed by atoms with van der Waals surface area (Å²) in [5.74, 6) is -0.685. The summed E-state index contributed by atoms with van der Waals surface area (Å²) >= 11 is 1.62. The maximum absolute atomic E-state index is 13.3. The van der Waals surface area contributed by atoms with Gasteiger partial charge in [0.25, 0.3) is 5.91 Å². The molecule has 0 spiro atoms. The first-order chi connectivity index (χ1) is 15.9. The van der Waals surface area contributed by atoms with Gasteiger partial charge in [0.05, 0.1) is 22.3 Å². The molecule has 1 saturated heterocycles. The van der Waals surface area contributed by atoms with E-state index in [1.807, 2.05) is 24.3 Å². The van der Waals surface area contributed by atoms with Gasteiger partial charge >= 0.3 is 0 Å². The first-order valence-electron chi connectivity index (χ1n) is 11.6. The van der Waals surface area contributed by atoms with E-state index in [1.54, 1.807) is 28.4 Å². The standard InChI is InChI=1S/C26H27N3O3S/c1-16-8-13-21-23(14-16)33-25(27-21)18-9-11-20(12-10-18)29-24(31)15-22(26(29)32)28(17(2)30)19-6-4-3-5-7-19/h8-14,19,22H,3-7,15H2,1-2H3. The van der Waals surface area contributed by atoms with Gasteiger partial charge in [-0.05, 0) is 61.7 Å². The summed E-state index contributed by atoms with van der Waals surface area (Å²) in [7, 11) is 0. The van der Waals surface area contributed by atoms with Crippen LogP contribution in [0, 0.1) is 6.92 Å². The zero-order valence-electron chi connectivity index (χ0n) is 18.9. The average molecular weight is 462 g/mol. The predicted octanol–water partition coefficient (Wildman–Crippen LogP) is 5.08. The van der Waals surface area contributed by atoms with E-state index in [0.29, 0.717) is 5.69 Å². The minimum Gasteiger partial charge on any atom is -0.327 e. The Morgan fingerprint density at radius 1 is 1.06 bits per heavy atom. The number of nitrogens with zero attached hydrogens (tertiary/aromatic N) is 3. The van der Waals surface area contributed by atoms with Crippen molar-refractivity contribution in [3.8, 4) is 10.6 Å². The number of thiazole rings is 1. The second-order valence-electron chi connectivity index (χ2n) is 9.04. The molecular formula is C26H27N3O3S. The number of amides is 3. The van der Waals surface area contributed by atoms with Crippen molar-refractivity contribution in [2.75, 3.05) is 4.90 Å². The highest BCUT2D eigenvalue weighted by Gasteiger charge is 2.45. The zero-order chi connectivity index (χ0) is 23.1. The van der Waals surface area contributed by atoms with Gasteiger partial charge in [0, 0.05) is 18.5 Å². The van der Waals surface area contributed by atoms with E-state index in [1.165, 1.54) is 17.4 Å². The number of carbonyl (C=O) groups excluding carboxylic acids is 3. The summed E-state index contributed by atoms with van der Waals surface area (Å²) in [5, 5.41) is 0.902. The molecule has 1 unspecified atom stereocenters. The lowest BCUT2D eigenvalue weighted by atomic mass is 9.92. The Morgan fingerprint density at radius 3 is 2.48 bits per heavy atom. The van der Waals surface area contributed by atoms with Crippen LogP contribution in [0.3, 0.4) is 0 Å². The van der Waals surface area contributed by atoms with Crippen LogP contribution < -0.4 is 4.90 Å². The molecule has 7 heteroatoms. The molecule has 1 atom stereocenters. The van der Waals surface area contributed by atoms with Gasteiger partial charge in [0.2, 0.25) is 11.8 Å². The normalized spacial score (nSPS) is 19.5. The molecule has 1 aliphatic heterocycles. The van der Waals surface area contributed by atoms with Crippen molar-refractivity contribution in [3.63, 3.8) is 0 Å². The summed E-state index contributed by atoms with van der Waals surface area (Å²) in [4.78, 5) is 46.3. The van der Waals surface area contributed by atoms with E-state index in [-0.39, 0.29) is 30.2 Å². The number of hydrogen-bond acceptors (Lipinski definition) is 5. The summed E-state index contributed by atoms with van der Waals surface area (Å²) < 4.78 is 1.13. The number of carbonyl (C=O) groups is 3. The van der Waals surface area contributed by atoms with Crippen LogP contribution in [0.5, 0.6) is 0 Å². The number of rotatable bonds is 4. The van der Waals surface area contributed by atoms with E-state index in [2.05, 4.69) is 13.0 Å². The molecule has 2 heterocycles. The van der Waals surface area contributed by atoms with Gasteiger partial charge in [-0.3, -0.25) is 14.4 Å². The summed E-state index contributed by atoms with van der Waals surface area (Å²) in [6, 6.07) is 12.9. The third kappa shape index (κ3) is 4.06. The lowest BCUT2D eigenvalue weighted by Crippen LogP contribution is -2.50. The molecule has 2 fully saturated rings. The van der Waals surface area contributed by atoms with Crippen molar-refractivity contribution in [1.29, 1.82) is 0 Å². The van der Waals surface area contributed by atoms with Crippen LogP contribution in [0.1, 0.15) is 51.0 Å². The molecule has 6 nitrogen and oxygen atoms in total. The molecule has 1 aromatic heterocycles. The fourth-order valence-electron chi connectivity index (χ4n) is 5.10. The minimum absolute atomic E-state index is 0.0444. The fraction of sp³-hybridized carbons (Fsp3) is 0.385. The molecule has 2 aliphatic rings. The van der Waals surface area contributed by atoms with Gasteiger partial charge in [0.15, 0.2) is 0 Å². The highest BCUT2D eigenvalue weighted by Crippen LogP contribution is 2.34. The van der Waals surface area contributed by atoms with Gasteiger partial charge in [-0.1, -0.05) is 25.3 Å². The van der Waals surface area contributed by atoms with Crippen LogP contribution in [-0.2, 0) is 14.4 Å². The lowest BCUT2D eigenvalue weighted by molar-refractivity contribution is -0.140. The predicted molar refractivity (Wildman–Crippen MR) is 130 cm³/mol. The van der Waals surface area contributed by atoms with Crippen LogP contribution in [0.4, 0.5) is 5.69 Å². The van der Waals surface area contributed by atoms with Crippen LogP contribution in [0.25, 0.3) is 20.8 Å². The second kappa shape index (κ2) is 8.71. The van der Waals surface area contributed by atoms with Crippen molar-refractivity contribution in [2.45, 2.75) is 64.5 Å². The Morgan fingerprint density at radius 2 is 1.79 bits per heavy atom. The largest absolute Gasteiger partial charge is 0.327 e. The Hall–Kier alpha value is -3.06. The molecule has 2 aromatic carbocycles. The topological polar surface area (TPSA) is 70.6 Å². The Kier molecular flexibility index (Phi) is 5.74. The molecule has 0 N–H and O–H groups in total. The maximum Gasteiger partial charge on any atom is 0.257 e. The smallest absolute Gasteiger partial charge is 0.257 e.